The molecule has 1 saturated carbocycles. The van der Waals surface area contributed by atoms with Crippen molar-refractivity contribution in [2.75, 3.05) is 13.1 Å². The van der Waals surface area contributed by atoms with Crippen LogP contribution >= 0.6 is 0 Å². The van der Waals surface area contributed by atoms with Crippen molar-refractivity contribution in [3.05, 3.63) is 0 Å². The highest BCUT2D eigenvalue weighted by Crippen LogP contribution is 2.43. The van der Waals surface area contributed by atoms with E-state index < -0.39 is 0 Å². The van der Waals surface area contributed by atoms with Gasteiger partial charge >= 0.3 is 0 Å². The van der Waals surface area contributed by atoms with E-state index in [0.717, 1.165) is 19.5 Å². The van der Waals surface area contributed by atoms with Crippen LogP contribution in [0.1, 0.15) is 58.8 Å². The van der Waals surface area contributed by atoms with Gasteiger partial charge < -0.3 is 0 Å². The van der Waals surface area contributed by atoms with Crippen molar-refractivity contribution in [3.8, 4) is 6.07 Å². The van der Waals surface area contributed by atoms with E-state index in [2.05, 4.69) is 24.8 Å². The highest BCUT2D eigenvalue weighted by molar-refractivity contribution is 5.14. The van der Waals surface area contributed by atoms with Crippen LogP contribution in [0.5, 0.6) is 0 Å². The molecule has 0 aromatic rings. The minimum atomic E-state index is -0.132. The zero-order chi connectivity index (χ0) is 12.3. The van der Waals surface area contributed by atoms with Crippen LogP contribution in [0, 0.1) is 23.2 Å². The summed E-state index contributed by atoms with van der Waals surface area (Å²) < 4.78 is 0. The molecule has 0 amide bonds. The summed E-state index contributed by atoms with van der Waals surface area (Å²) in [6.07, 6.45) is 8.84. The number of hydrogen-bond donors (Lipinski definition) is 0. The fourth-order valence-electron chi connectivity index (χ4n) is 3.96. The number of hydrogen-bond acceptors (Lipinski definition) is 2. The normalized spacial score (nSPS) is 35.8. The summed E-state index contributed by atoms with van der Waals surface area (Å²) in [6, 6.07) is 2.74. The predicted molar refractivity (Wildman–Crippen MR) is 70.6 cm³/mol. The number of rotatable bonds is 2. The lowest BCUT2D eigenvalue weighted by Gasteiger charge is -2.49. The molecule has 17 heavy (non-hydrogen) atoms. The predicted octanol–water partition coefficient (Wildman–Crippen LogP) is 3.58. The van der Waals surface area contributed by atoms with Crippen LogP contribution in [0.2, 0.25) is 0 Å². The zero-order valence-corrected chi connectivity index (χ0v) is 11.4. The lowest BCUT2D eigenvalue weighted by Crippen LogP contribution is -2.57. The van der Waals surface area contributed by atoms with Crippen molar-refractivity contribution >= 4 is 0 Å². The van der Waals surface area contributed by atoms with Gasteiger partial charge in [-0.3, -0.25) is 4.90 Å². The van der Waals surface area contributed by atoms with Crippen molar-refractivity contribution in [2.24, 2.45) is 11.8 Å². The highest BCUT2D eigenvalue weighted by Gasteiger charge is 2.46. The van der Waals surface area contributed by atoms with Crippen LogP contribution in [0.4, 0.5) is 0 Å². The third-order valence-corrected chi connectivity index (χ3v) is 4.86. The van der Waals surface area contributed by atoms with Gasteiger partial charge in [0.2, 0.25) is 0 Å². The minimum absolute atomic E-state index is 0.132. The molecule has 0 aromatic heterocycles. The molecule has 0 radical (unpaired) electrons. The molecule has 0 spiro atoms. The van der Waals surface area contributed by atoms with Gasteiger partial charge in [0.15, 0.2) is 0 Å². The molecular formula is C15H26N2. The third kappa shape index (κ3) is 2.36. The van der Waals surface area contributed by atoms with Gasteiger partial charge in [-0.2, -0.15) is 5.26 Å². The van der Waals surface area contributed by atoms with E-state index >= 15 is 0 Å². The summed E-state index contributed by atoms with van der Waals surface area (Å²) >= 11 is 0. The Morgan fingerprint density at radius 2 is 1.82 bits per heavy atom. The van der Waals surface area contributed by atoms with E-state index in [-0.39, 0.29) is 5.54 Å². The Kier molecular flexibility index (Phi) is 4.09. The fraction of sp³-hybridized carbons (Fsp3) is 0.933. The lowest BCUT2D eigenvalue weighted by molar-refractivity contribution is 0.0106. The van der Waals surface area contributed by atoms with Gasteiger partial charge in [0, 0.05) is 0 Å². The largest absolute Gasteiger partial charge is 0.285 e. The van der Waals surface area contributed by atoms with E-state index in [0.29, 0.717) is 11.8 Å². The molecule has 0 aromatic carbocycles. The Labute approximate surface area is 106 Å². The molecule has 1 aliphatic heterocycles. The zero-order valence-electron chi connectivity index (χ0n) is 11.4. The summed E-state index contributed by atoms with van der Waals surface area (Å²) in [5, 5.41) is 9.82. The van der Waals surface area contributed by atoms with Gasteiger partial charge in [-0.15, -0.1) is 0 Å². The first kappa shape index (κ1) is 12.9. The topological polar surface area (TPSA) is 27.0 Å². The average molecular weight is 234 g/mol. The summed E-state index contributed by atoms with van der Waals surface area (Å²) in [5.41, 5.74) is -0.132. The Morgan fingerprint density at radius 1 is 1.12 bits per heavy atom. The van der Waals surface area contributed by atoms with E-state index in [4.69, 9.17) is 0 Å². The maximum Gasteiger partial charge on any atom is 0.112 e. The second-order valence-corrected chi connectivity index (χ2v) is 6.18. The molecule has 1 heterocycles. The molecule has 1 saturated heterocycles. The van der Waals surface area contributed by atoms with Crippen LogP contribution in [0.3, 0.4) is 0 Å². The minimum Gasteiger partial charge on any atom is -0.285 e. The maximum atomic E-state index is 9.82. The highest BCUT2D eigenvalue weighted by atomic mass is 15.2. The number of nitrogens with zero attached hydrogens (tertiary/aromatic N) is 2. The summed E-state index contributed by atoms with van der Waals surface area (Å²) in [7, 11) is 0. The van der Waals surface area contributed by atoms with Gasteiger partial charge in [-0.05, 0) is 50.6 Å². The molecule has 2 unspecified atom stereocenters. The van der Waals surface area contributed by atoms with E-state index in [9.17, 15) is 5.26 Å². The van der Waals surface area contributed by atoms with Gasteiger partial charge in [0.05, 0.1) is 6.07 Å². The smallest absolute Gasteiger partial charge is 0.112 e. The van der Waals surface area contributed by atoms with Crippen LogP contribution in [-0.2, 0) is 0 Å². The Morgan fingerprint density at radius 3 is 2.41 bits per heavy atom. The number of piperidine rings is 1. The second-order valence-electron chi connectivity index (χ2n) is 6.18. The molecule has 2 rings (SSSR count). The molecule has 2 fully saturated rings. The van der Waals surface area contributed by atoms with Gasteiger partial charge in [-0.25, -0.2) is 0 Å². The summed E-state index contributed by atoms with van der Waals surface area (Å²) in [6.45, 7) is 6.89. The first-order chi connectivity index (χ1) is 8.20. The molecule has 96 valence electrons. The molecular weight excluding hydrogens is 208 g/mol. The van der Waals surface area contributed by atoms with E-state index in [1.165, 1.54) is 38.5 Å². The van der Waals surface area contributed by atoms with Crippen molar-refractivity contribution in [1.29, 1.82) is 5.26 Å². The van der Waals surface area contributed by atoms with Gasteiger partial charge in [-0.1, -0.05) is 33.1 Å². The fourth-order valence-corrected chi connectivity index (χ4v) is 3.96. The van der Waals surface area contributed by atoms with Crippen molar-refractivity contribution < 1.29 is 0 Å². The molecule has 2 atom stereocenters. The Hall–Kier alpha value is -0.550. The summed E-state index contributed by atoms with van der Waals surface area (Å²) in [5.74, 6) is 1.22. The molecule has 1 aliphatic carbocycles. The van der Waals surface area contributed by atoms with Crippen molar-refractivity contribution in [3.63, 3.8) is 0 Å². The van der Waals surface area contributed by atoms with Crippen LogP contribution in [-0.4, -0.2) is 23.5 Å². The average Bonchev–Trinajstić information content (AvgIpc) is 2.39. The SMILES string of the molecule is CC(C)C1CCCCC1(C#N)N1CCCCC1. The number of nitriles is 1. The van der Waals surface area contributed by atoms with Gasteiger partial charge in [0.25, 0.3) is 0 Å². The lowest BCUT2D eigenvalue weighted by atomic mass is 9.67. The van der Waals surface area contributed by atoms with Gasteiger partial charge in [0.1, 0.15) is 5.54 Å². The van der Waals surface area contributed by atoms with Crippen LogP contribution < -0.4 is 0 Å². The molecule has 2 heteroatoms. The summed E-state index contributed by atoms with van der Waals surface area (Å²) in [4.78, 5) is 2.53. The first-order valence-electron chi connectivity index (χ1n) is 7.37. The van der Waals surface area contributed by atoms with Crippen molar-refractivity contribution in [1.82, 2.24) is 4.90 Å². The molecule has 2 nitrogen and oxygen atoms in total. The molecule has 0 N–H and O–H groups in total. The molecule has 2 aliphatic rings. The standard InChI is InChI=1S/C15H26N2/c1-13(2)14-8-4-5-9-15(14,12-16)17-10-6-3-7-11-17/h13-14H,3-11H2,1-2H3. The Balaban J connectivity index is 2.22. The van der Waals surface area contributed by atoms with Crippen LogP contribution in [0.25, 0.3) is 0 Å². The monoisotopic (exact) mass is 234 g/mol. The van der Waals surface area contributed by atoms with Crippen molar-refractivity contribution in [2.45, 2.75) is 64.3 Å². The third-order valence-electron chi connectivity index (χ3n) is 4.86. The first-order valence-corrected chi connectivity index (χ1v) is 7.37. The molecule has 0 bridgehead atoms. The number of likely N-dealkylation sites (tertiary alicyclic amines) is 1. The Bertz CT molecular complexity index is 286. The second kappa shape index (κ2) is 5.40. The van der Waals surface area contributed by atoms with Crippen LogP contribution in [0.15, 0.2) is 0 Å². The van der Waals surface area contributed by atoms with E-state index in [1.807, 2.05) is 0 Å². The quantitative estimate of drug-likeness (QED) is 0.730. The maximum absolute atomic E-state index is 9.82. The van der Waals surface area contributed by atoms with E-state index in [1.54, 1.807) is 0 Å².